The number of allylic oxidation sites excluding steroid dienone is 3. The molecule has 0 N–H and O–H groups in total. The topological polar surface area (TPSA) is 62.1 Å². The zero-order valence-electron chi connectivity index (χ0n) is 19.2. The van der Waals surface area contributed by atoms with Gasteiger partial charge >= 0.3 is 0 Å². The number of ketones is 3. The van der Waals surface area contributed by atoms with E-state index >= 15 is 0 Å². The van der Waals surface area contributed by atoms with E-state index in [-0.39, 0.29) is 17.9 Å². The van der Waals surface area contributed by atoms with Gasteiger partial charge < -0.3 is 14.2 Å². The molecule has 3 aromatic rings. The normalized spacial score (nSPS) is 18.9. The first-order valence-corrected chi connectivity index (χ1v) is 11.6. The molecule has 1 atom stereocenters. The summed E-state index contributed by atoms with van der Waals surface area (Å²) in [6.45, 7) is 3.66. The minimum Gasteiger partial charge on any atom is -0.369 e. The molecule has 6 heteroatoms. The lowest BCUT2D eigenvalue weighted by Crippen LogP contribution is -2.44. The second kappa shape index (κ2) is 9.23. The van der Waals surface area contributed by atoms with E-state index in [1.165, 1.54) is 0 Å². The predicted octanol–water partition coefficient (Wildman–Crippen LogP) is 3.29. The maximum absolute atomic E-state index is 13.4. The fourth-order valence-corrected chi connectivity index (χ4v) is 4.71. The van der Waals surface area contributed by atoms with Crippen LogP contribution in [0.2, 0.25) is 0 Å². The second-order valence-corrected chi connectivity index (χ2v) is 8.96. The molecule has 1 aromatic carbocycles. The molecule has 0 spiro atoms. The summed E-state index contributed by atoms with van der Waals surface area (Å²) >= 11 is 0. The van der Waals surface area contributed by atoms with Crippen LogP contribution in [-0.2, 0) is 16.0 Å². The summed E-state index contributed by atoms with van der Waals surface area (Å²) in [6, 6.07) is 16.7. The molecule has 0 bridgehead atoms. The second-order valence-electron chi connectivity index (χ2n) is 8.96. The Balaban J connectivity index is 1.46. The van der Waals surface area contributed by atoms with Crippen molar-refractivity contribution in [2.75, 3.05) is 33.2 Å². The fraction of sp³-hybridized carbons (Fsp3) is 0.250. The van der Waals surface area contributed by atoms with Crippen LogP contribution in [0, 0.1) is 0 Å². The van der Waals surface area contributed by atoms with Crippen LogP contribution in [0.25, 0.3) is 5.52 Å². The van der Waals surface area contributed by atoms with Crippen LogP contribution in [0.4, 0.5) is 0 Å². The maximum atomic E-state index is 13.4. The standard InChI is InChI=1S/C28H27N3O3/c1-29-13-15-30(16-14-29)21-10-11-23(25(32)19-21)24-18-22-9-5-6-12-31(22)27(24)28(34)26(33)17-20-7-3-2-4-8-20/h2-12,18-19,23H,13-17H2,1H3. The van der Waals surface area contributed by atoms with Gasteiger partial charge in [0, 0.05) is 56.1 Å². The maximum Gasteiger partial charge on any atom is 0.245 e. The molecule has 0 radical (unpaired) electrons. The third kappa shape index (κ3) is 4.24. The molecular formula is C28H27N3O3. The Bertz CT molecular complexity index is 1310. The number of aromatic nitrogens is 1. The van der Waals surface area contributed by atoms with Gasteiger partial charge in [0.2, 0.25) is 11.6 Å². The molecule has 2 aliphatic rings. The molecule has 1 fully saturated rings. The summed E-state index contributed by atoms with van der Waals surface area (Å²) < 4.78 is 1.72. The van der Waals surface area contributed by atoms with E-state index in [0.29, 0.717) is 5.56 Å². The number of likely N-dealkylation sites (N-methyl/N-ethyl adjacent to an activating group) is 1. The van der Waals surface area contributed by atoms with Gasteiger partial charge in [-0.25, -0.2) is 0 Å². The molecule has 34 heavy (non-hydrogen) atoms. The average molecular weight is 454 g/mol. The minimum absolute atomic E-state index is 0.0289. The van der Waals surface area contributed by atoms with Gasteiger partial charge in [-0.05, 0) is 42.4 Å². The molecule has 2 aromatic heterocycles. The van der Waals surface area contributed by atoms with Gasteiger partial charge in [0.25, 0.3) is 0 Å². The van der Waals surface area contributed by atoms with Crippen molar-refractivity contribution in [1.82, 2.24) is 14.2 Å². The van der Waals surface area contributed by atoms with Crippen LogP contribution < -0.4 is 0 Å². The Hall–Kier alpha value is -3.77. The fourth-order valence-electron chi connectivity index (χ4n) is 4.71. The van der Waals surface area contributed by atoms with Gasteiger partial charge in [-0.1, -0.05) is 42.5 Å². The minimum atomic E-state index is -0.598. The van der Waals surface area contributed by atoms with Crippen LogP contribution in [0.5, 0.6) is 0 Å². The van der Waals surface area contributed by atoms with Gasteiger partial charge in [-0.3, -0.25) is 14.4 Å². The van der Waals surface area contributed by atoms with Crippen molar-refractivity contribution >= 4 is 22.9 Å². The Morgan fingerprint density at radius 3 is 2.44 bits per heavy atom. The highest BCUT2D eigenvalue weighted by molar-refractivity contribution is 6.44. The van der Waals surface area contributed by atoms with E-state index < -0.39 is 17.5 Å². The Morgan fingerprint density at radius 2 is 1.71 bits per heavy atom. The monoisotopic (exact) mass is 453 g/mol. The van der Waals surface area contributed by atoms with Crippen molar-refractivity contribution in [1.29, 1.82) is 0 Å². The van der Waals surface area contributed by atoms with Crippen LogP contribution in [-0.4, -0.2) is 64.8 Å². The number of fused-ring (bicyclic) bond motifs is 1. The lowest BCUT2D eigenvalue weighted by Gasteiger charge is -2.35. The first-order chi connectivity index (χ1) is 16.5. The van der Waals surface area contributed by atoms with Crippen molar-refractivity contribution in [3.8, 4) is 0 Å². The summed E-state index contributed by atoms with van der Waals surface area (Å²) in [4.78, 5) is 44.1. The zero-order chi connectivity index (χ0) is 23.7. The highest BCUT2D eigenvalue weighted by Crippen LogP contribution is 2.31. The number of hydrogen-bond donors (Lipinski definition) is 0. The molecule has 0 saturated carbocycles. The quantitative estimate of drug-likeness (QED) is 0.423. The Labute approximate surface area is 198 Å². The lowest BCUT2D eigenvalue weighted by molar-refractivity contribution is -0.116. The number of rotatable bonds is 6. The van der Waals surface area contributed by atoms with Gasteiger partial charge in [0.1, 0.15) is 5.69 Å². The first kappa shape index (κ1) is 22.0. The molecule has 5 rings (SSSR count). The Morgan fingerprint density at radius 1 is 0.971 bits per heavy atom. The number of carbonyl (C=O) groups is 3. The van der Waals surface area contributed by atoms with Crippen LogP contribution in [0.1, 0.15) is 27.5 Å². The van der Waals surface area contributed by atoms with Gasteiger partial charge in [-0.2, -0.15) is 0 Å². The van der Waals surface area contributed by atoms with Crippen LogP contribution >= 0.6 is 0 Å². The number of benzene rings is 1. The van der Waals surface area contributed by atoms with Crippen molar-refractivity contribution in [2.24, 2.45) is 0 Å². The van der Waals surface area contributed by atoms with Gasteiger partial charge in [0.05, 0.1) is 5.92 Å². The van der Waals surface area contributed by atoms with Gasteiger partial charge in [0.15, 0.2) is 5.78 Å². The molecule has 172 valence electrons. The molecule has 1 aliphatic carbocycles. The summed E-state index contributed by atoms with van der Waals surface area (Å²) in [6.07, 6.45) is 7.31. The van der Waals surface area contributed by atoms with E-state index in [1.54, 1.807) is 16.7 Å². The highest BCUT2D eigenvalue weighted by atomic mass is 16.2. The molecule has 0 amide bonds. The smallest absolute Gasteiger partial charge is 0.245 e. The third-order valence-corrected chi connectivity index (χ3v) is 6.64. The Kier molecular flexibility index (Phi) is 5.99. The zero-order valence-corrected chi connectivity index (χ0v) is 19.2. The number of carbonyl (C=O) groups excluding carboxylic acids is 3. The first-order valence-electron chi connectivity index (χ1n) is 11.6. The largest absolute Gasteiger partial charge is 0.369 e. The number of nitrogens with zero attached hydrogens (tertiary/aromatic N) is 3. The van der Waals surface area contributed by atoms with Crippen molar-refractivity contribution in [3.63, 3.8) is 0 Å². The number of pyridine rings is 1. The van der Waals surface area contributed by atoms with Crippen molar-refractivity contribution in [2.45, 2.75) is 12.3 Å². The molecule has 1 aliphatic heterocycles. The lowest BCUT2D eigenvalue weighted by atomic mass is 9.88. The van der Waals surface area contributed by atoms with Crippen molar-refractivity contribution in [3.05, 3.63) is 102 Å². The number of hydrogen-bond acceptors (Lipinski definition) is 5. The molecule has 1 unspecified atom stereocenters. The van der Waals surface area contributed by atoms with E-state index in [1.807, 2.05) is 66.7 Å². The molecule has 6 nitrogen and oxygen atoms in total. The van der Waals surface area contributed by atoms with Gasteiger partial charge in [-0.15, -0.1) is 0 Å². The number of piperazine rings is 1. The highest BCUT2D eigenvalue weighted by Gasteiger charge is 2.31. The average Bonchev–Trinajstić information content (AvgIpc) is 3.23. The van der Waals surface area contributed by atoms with Crippen molar-refractivity contribution < 1.29 is 14.4 Å². The van der Waals surface area contributed by atoms with E-state index in [9.17, 15) is 14.4 Å². The molecule has 3 heterocycles. The predicted molar refractivity (Wildman–Crippen MR) is 131 cm³/mol. The van der Waals surface area contributed by atoms with Crippen LogP contribution in [0.3, 0.4) is 0 Å². The summed E-state index contributed by atoms with van der Waals surface area (Å²) in [5.41, 5.74) is 3.33. The van der Waals surface area contributed by atoms with E-state index in [2.05, 4.69) is 16.8 Å². The molecule has 1 saturated heterocycles. The van der Waals surface area contributed by atoms with Crippen LogP contribution in [0.15, 0.2) is 84.7 Å². The summed E-state index contributed by atoms with van der Waals surface area (Å²) in [7, 11) is 2.10. The molecular weight excluding hydrogens is 426 g/mol. The SMILES string of the molecule is CN1CCN(C2=CC(=O)C(c3cc4ccccn4c3C(=O)C(=O)Cc3ccccc3)C=C2)CC1. The summed E-state index contributed by atoms with van der Waals surface area (Å²) in [5, 5.41) is 0. The number of Topliss-reactive ketones (excluding diaryl/α,β-unsaturated/α-hetero) is 2. The summed E-state index contributed by atoms with van der Waals surface area (Å²) in [5.74, 6) is -1.73. The third-order valence-electron chi connectivity index (χ3n) is 6.64. The van der Waals surface area contributed by atoms with E-state index in [0.717, 1.165) is 43.0 Å². The van der Waals surface area contributed by atoms with E-state index in [4.69, 9.17) is 0 Å².